The monoisotopic (exact) mass is 906 g/mol. The summed E-state index contributed by atoms with van der Waals surface area (Å²) in [5, 5.41) is 12.1. The van der Waals surface area contributed by atoms with Crippen molar-refractivity contribution in [2.45, 2.75) is 0 Å². The van der Waals surface area contributed by atoms with Gasteiger partial charge in [0.15, 0.2) is 0 Å². The van der Waals surface area contributed by atoms with Gasteiger partial charge in [0.05, 0.1) is 15.8 Å². The molecule has 0 amide bonds. The Morgan fingerprint density at radius 1 is 0.255 bits per heavy atom. The Kier molecular flexibility index (Phi) is 16.7. The molecule has 6 rings (SSSR count). The summed E-state index contributed by atoms with van der Waals surface area (Å²) in [6, 6.07) is 48.4. The second-order valence-electron chi connectivity index (χ2n) is 9.84. The molecule has 0 unspecified atom stereocenters. The van der Waals surface area contributed by atoms with Gasteiger partial charge < -0.3 is 0 Å². The molecule has 0 nitrogen and oxygen atoms in total. The standard InChI is InChI=1S/2C18H12Cl3P.2ClH.Pd/c2*19-13-1-7-16(8-2-13)22(17-9-3-14(20)4-10-17)18-11-5-15(21)6-12-18;;;/h2*1-12H;2*1H;/q;;;;+2. The van der Waals surface area contributed by atoms with Crippen LogP contribution in [0.3, 0.4) is 0 Å². The van der Waals surface area contributed by atoms with Gasteiger partial charge in [-0.25, -0.2) is 0 Å². The summed E-state index contributed by atoms with van der Waals surface area (Å²) in [6.07, 6.45) is 0. The number of hydrogen-bond donors (Lipinski definition) is 0. The Labute approximate surface area is 324 Å². The third kappa shape index (κ3) is 12.2. The molecule has 0 saturated carbocycles. The van der Waals surface area contributed by atoms with Crippen LogP contribution in [0.5, 0.6) is 0 Å². The van der Waals surface area contributed by atoms with Crippen LogP contribution in [-0.2, 0) is 15.9 Å². The maximum absolute atomic E-state index is 6.03. The maximum atomic E-state index is 6.03. The number of halogens is 8. The van der Waals surface area contributed by atoms with E-state index in [9.17, 15) is 0 Å². The second-order valence-corrected chi connectivity index (χ2v) is 19.8. The molecule has 0 fully saturated rings. The predicted molar refractivity (Wildman–Crippen MR) is 215 cm³/mol. The second kappa shape index (κ2) is 20.1. The van der Waals surface area contributed by atoms with Crippen molar-refractivity contribution in [2.24, 2.45) is 0 Å². The minimum absolute atomic E-state index is 0.106. The van der Waals surface area contributed by atoms with Crippen molar-refractivity contribution in [1.29, 1.82) is 0 Å². The molecule has 47 heavy (non-hydrogen) atoms. The van der Waals surface area contributed by atoms with Gasteiger partial charge in [0, 0.05) is 30.1 Å². The molecule has 0 atom stereocenters. The van der Waals surface area contributed by atoms with E-state index in [0.29, 0.717) is 0 Å². The molecule has 0 aromatic heterocycles. The summed E-state index contributed by atoms with van der Waals surface area (Å²) >= 11 is 36.1. The van der Waals surface area contributed by atoms with E-state index in [2.05, 4.69) is 72.8 Å². The molecule has 0 bridgehead atoms. The Morgan fingerprint density at radius 3 is 0.468 bits per heavy atom. The molecule has 0 heterocycles. The van der Waals surface area contributed by atoms with Gasteiger partial charge in [-0.05, 0) is 146 Å². The quantitative estimate of drug-likeness (QED) is 0.115. The predicted octanol–water partition coefficient (Wildman–Crippen LogP) is 11.7. The van der Waals surface area contributed by atoms with E-state index in [1.54, 1.807) is 0 Å². The SMILES string of the molecule is Clc1ccc([PH+](c2ccc(Cl)cc2)c2ccc(Cl)cc2)cc1.Clc1ccc([PH+](c2ccc(Cl)cc2)c2ccc(Cl)cc2)cc1.[Cl][Pd][Cl]. The Morgan fingerprint density at radius 2 is 0.362 bits per heavy atom. The molecule has 244 valence electrons. The Hall–Kier alpha value is -0.838. The van der Waals surface area contributed by atoms with Crippen molar-refractivity contribution >= 4 is 136 Å². The molecule has 0 aliphatic rings. The van der Waals surface area contributed by atoms with Crippen LogP contribution in [0.2, 0.25) is 30.1 Å². The summed E-state index contributed by atoms with van der Waals surface area (Å²) in [4.78, 5) is 0. The zero-order valence-electron chi connectivity index (χ0n) is 24.2. The Balaban J connectivity index is 0.000000197. The van der Waals surface area contributed by atoms with Crippen LogP contribution < -0.4 is 31.8 Å². The summed E-state index contributed by atoms with van der Waals surface area (Å²) in [5.41, 5.74) is 0. The molecule has 0 spiro atoms. The summed E-state index contributed by atoms with van der Waals surface area (Å²) < 4.78 is 0. The van der Waals surface area contributed by atoms with E-state index in [4.69, 9.17) is 88.7 Å². The van der Waals surface area contributed by atoms with E-state index in [1.807, 2.05) is 72.8 Å². The first-order valence-electron chi connectivity index (χ1n) is 13.8. The average Bonchev–Trinajstić information content (AvgIpc) is 3.07. The van der Waals surface area contributed by atoms with Crippen LogP contribution in [0.25, 0.3) is 0 Å². The Bertz CT molecular complexity index is 1450. The van der Waals surface area contributed by atoms with Gasteiger partial charge in [-0.3, -0.25) is 0 Å². The fraction of sp³-hybridized carbons (Fsp3) is 0. The van der Waals surface area contributed by atoms with Gasteiger partial charge in [-0.1, -0.05) is 69.6 Å². The molecule has 6 aromatic rings. The van der Waals surface area contributed by atoms with Crippen LogP contribution in [0.4, 0.5) is 0 Å². The number of benzene rings is 6. The minimum atomic E-state index is -1.10. The van der Waals surface area contributed by atoms with Crippen molar-refractivity contribution < 1.29 is 15.9 Å². The zero-order chi connectivity index (χ0) is 33.8. The van der Waals surface area contributed by atoms with Crippen molar-refractivity contribution in [3.8, 4) is 0 Å². The van der Waals surface area contributed by atoms with Crippen LogP contribution in [0, 0.1) is 0 Å². The molecule has 0 radical (unpaired) electrons. The fourth-order valence-electron chi connectivity index (χ4n) is 4.70. The van der Waals surface area contributed by atoms with E-state index in [0.717, 1.165) is 30.1 Å². The van der Waals surface area contributed by atoms with E-state index in [1.165, 1.54) is 31.8 Å². The van der Waals surface area contributed by atoms with E-state index >= 15 is 0 Å². The van der Waals surface area contributed by atoms with Gasteiger partial charge in [0.1, 0.15) is 31.8 Å². The average molecular weight is 911 g/mol. The summed E-state index contributed by atoms with van der Waals surface area (Å²) in [7, 11) is 7.42. The van der Waals surface area contributed by atoms with Crippen molar-refractivity contribution in [3.05, 3.63) is 176 Å². The molecule has 0 aliphatic heterocycles. The normalized spacial score (nSPS) is 10.7. The summed E-state index contributed by atoms with van der Waals surface area (Å²) in [5.74, 6) is 0. The first-order chi connectivity index (χ1) is 22.7. The van der Waals surface area contributed by atoms with Crippen LogP contribution in [0.1, 0.15) is 0 Å². The molecular formula is C36H26Cl8P2Pd+2. The topological polar surface area (TPSA) is 0 Å². The van der Waals surface area contributed by atoms with E-state index in [-0.39, 0.29) is 15.9 Å². The third-order valence-corrected chi connectivity index (χ3v) is 13.8. The van der Waals surface area contributed by atoms with Gasteiger partial charge in [-0.2, -0.15) is 0 Å². The van der Waals surface area contributed by atoms with Gasteiger partial charge in [0.25, 0.3) is 0 Å². The molecular weight excluding hydrogens is 884 g/mol. The molecule has 0 N–H and O–H groups in total. The molecule has 6 aromatic carbocycles. The zero-order valence-corrected chi connectivity index (χ0v) is 33.8. The third-order valence-electron chi connectivity index (χ3n) is 6.80. The van der Waals surface area contributed by atoms with Crippen molar-refractivity contribution in [1.82, 2.24) is 0 Å². The van der Waals surface area contributed by atoms with Crippen molar-refractivity contribution in [2.75, 3.05) is 0 Å². The van der Waals surface area contributed by atoms with Crippen molar-refractivity contribution in [3.63, 3.8) is 0 Å². The fourth-order valence-corrected chi connectivity index (χ4v) is 10.5. The number of hydrogen-bond acceptors (Lipinski definition) is 0. The first kappa shape index (κ1) is 39.0. The summed E-state index contributed by atoms with van der Waals surface area (Å²) in [6.45, 7) is 0. The van der Waals surface area contributed by atoms with Gasteiger partial charge in [0.2, 0.25) is 0 Å². The van der Waals surface area contributed by atoms with E-state index < -0.39 is 15.8 Å². The molecule has 11 heteroatoms. The number of rotatable bonds is 6. The van der Waals surface area contributed by atoms with Crippen LogP contribution in [-0.4, -0.2) is 0 Å². The first-order valence-corrected chi connectivity index (χ1v) is 23.1. The van der Waals surface area contributed by atoms with Crippen LogP contribution in [0.15, 0.2) is 146 Å². The van der Waals surface area contributed by atoms with Gasteiger partial charge >= 0.3 is 35.0 Å². The molecule has 0 saturated heterocycles. The van der Waals surface area contributed by atoms with Gasteiger partial charge in [-0.15, -0.1) is 0 Å². The molecule has 0 aliphatic carbocycles. The van der Waals surface area contributed by atoms with Crippen LogP contribution >= 0.6 is 105 Å².